The summed E-state index contributed by atoms with van der Waals surface area (Å²) < 4.78 is 5.11. The van der Waals surface area contributed by atoms with Crippen molar-refractivity contribution in [2.45, 2.75) is 30.5 Å². The zero-order chi connectivity index (χ0) is 17.9. The number of hydrogen-bond donors (Lipinski definition) is 1. The molecule has 7 heteroatoms. The minimum Gasteiger partial charge on any atom is -0.504 e. The second-order valence-corrected chi connectivity index (χ2v) is 7.18. The highest BCUT2D eigenvalue weighted by Gasteiger charge is 2.45. The summed E-state index contributed by atoms with van der Waals surface area (Å²) >= 11 is 1.58. The molecule has 2 rings (SSSR count). The van der Waals surface area contributed by atoms with Crippen LogP contribution in [-0.2, 0) is 4.79 Å². The summed E-state index contributed by atoms with van der Waals surface area (Å²) in [4.78, 5) is 13.0. The minimum atomic E-state index is -0.812. The summed E-state index contributed by atoms with van der Waals surface area (Å²) in [7, 11) is 5.29. The van der Waals surface area contributed by atoms with Crippen LogP contribution in [-0.4, -0.2) is 65.0 Å². The van der Waals surface area contributed by atoms with Crippen LogP contribution in [0.3, 0.4) is 0 Å². The third kappa shape index (κ3) is 3.10. The second-order valence-electron chi connectivity index (χ2n) is 5.77. The Morgan fingerprint density at radius 3 is 2.62 bits per heavy atom. The van der Waals surface area contributed by atoms with E-state index in [4.69, 9.17) is 9.84 Å². The van der Waals surface area contributed by atoms with Gasteiger partial charge in [0.25, 0.3) is 0 Å². The molecule has 0 saturated carbocycles. The van der Waals surface area contributed by atoms with E-state index in [9.17, 15) is 9.90 Å². The number of phenolic OH excluding ortho intramolecular Hbond substituents is 1. The maximum atomic E-state index is 11.9. The van der Waals surface area contributed by atoms with Gasteiger partial charge in [0.05, 0.1) is 18.1 Å². The summed E-state index contributed by atoms with van der Waals surface area (Å²) in [5.41, 5.74) is 1.70. The van der Waals surface area contributed by atoms with Gasteiger partial charge in [-0.3, -0.25) is 14.7 Å². The SMILES string of the molecule is CCC1SC(C=O)(N(C)C)N(CC)N=C1c1ccc(OC)c(O)c1. The van der Waals surface area contributed by atoms with E-state index < -0.39 is 4.99 Å². The quantitative estimate of drug-likeness (QED) is 0.794. The molecule has 0 aromatic heterocycles. The standard InChI is InChI=1S/C17H25N3O3S/c1-6-15-16(12-8-9-14(23-5)13(22)10-12)18-20(7-2)17(11-21,24-15)19(3)4/h8-11,15,22H,6-7H2,1-5H3. The van der Waals surface area contributed by atoms with Crippen molar-refractivity contribution in [2.24, 2.45) is 5.10 Å². The third-order valence-corrected chi connectivity index (χ3v) is 6.02. The van der Waals surface area contributed by atoms with E-state index in [1.165, 1.54) is 7.11 Å². The van der Waals surface area contributed by atoms with Crippen molar-refractivity contribution >= 4 is 23.8 Å². The van der Waals surface area contributed by atoms with Crippen molar-refractivity contribution in [1.82, 2.24) is 9.91 Å². The van der Waals surface area contributed by atoms with Crippen LogP contribution in [0.1, 0.15) is 25.8 Å². The summed E-state index contributed by atoms with van der Waals surface area (Å²) in [5.74, 6) is 0.513. The molecule has 0 amide bonds. The van der Waals surface area contributed by atoms with E-state index >= 15 is 0 Å². The van der Waals surface area contributed by atoms with Crippen molar-refractivity contribution in [3.63, 3.8) is 0 Å². The van der Waals surface area contributed by atoms with Crippen LogP contribution in [0, 0.1) is 0 Å². The number of ether oxygens (including phenoxy) is 1. The molecule has 0 fully saturated rings. The van der Waals surface area contributed by atoms with Gasteiger partial charge in [0.2, 0.25) is 4.99 Å². The lowest BCUT2D eigenvalue weighted by atomic mass is 10.0. The van der Waals surface area contributed by atoms with Crippen LogP contribution < -0.4 is 4.74 Å². The Morgan fingerprint density at radius 2 is 2.17 bits per heavy atom. The van der Waals surface area contributed by atoms with E-state index in [-0.39, 0.29) is 11.0 Å². The van der Waals surface area contributed by atoms with Gasteiger partial charge in [-0.25, -0.2) is 0 Å². The molecule has 0 aliphatic carbocycles. The third-order valence-electron chi connectivity index (χ3n) is 4.16. The number of carbonyl (C=O) groups is 1. The maximum absolute atomic E-state index is 11.9. The molecule has 0 radical (unpaired) electrons. The molecule has 1 aromatic rings. The summed E-state index contributed by atoms with van der Waals surface area (Å²) in [6, 6.07) is 5.28. The monoisotopic (exact) mass is 351 g/mol. The largest absolute Gasteiger partial charge is 0.504 e. The number of hydrogen-bond acceptors (Lipinski definition) is 7. The molecule has 0 spiro atoms. The summed E-state index contributed by atoms with van der Waals surface area (Å²) in [6.07, 6.45) is 1.78. The van der Waals surface area contributed by atoms with Gasteiger partial charge in [0, 0.05) is 12.1 Å². The highest BCUT2D eigenvalue weighted by atomic mass is 32.2. The summed E-state index contributed by atoms with van der Waals surface area (Å²) in [6.45, 7) is 4.65. The maximum Gasteiger partial charge on any atom is 0.214 e. The zero-order valence-electron chi connectivity index (χ0n) is 14.8. The lowest BCUT2D eigenvalue weighted by Crippen LogP contribution is -2.59. The minimum absolute atomic E-state index is 0.0493. The van der Waals surface area contributed by atoms with Crippen LogP contribution >= 0.6 is 11.8 Å². The predicted molar refractivity (Wildman–Crippen MR) is 97.7 cm³/mol. The molecule has 0 bridgehead atoms. The van der Waals surface area contributed by atoms with Gasteiger partial charge in [-0.05, 0) is 45.6 Å². The number of phenols is 1. The molecule has 1 aromatic carbocycles. The number of nitrogens with zero attached hydrogens (tertiary/aromatic N) is 3. The van der Waals surface area contributed by atoms with Gasteiger partial charge < -0.3 is 9.84 Å². The second kappa shape index (κ2) is 7.44. The molecule has 1 aliphatic rings. The number of aldehydes is 1. The van der Waals surface area contributed by atoms with Gasteiger partial charge >= 0.3 is 0 Å². The van der Waals surface area contributed by atoms with Crippen LogP contribution in [0.5, 0.6) is 11.5 Å². The number of rotatable bonds is 6. The van der Waals surface area contributed by atoms with E-state index in [1.807, 2.05) is 32.0 Å². The van der Waals surface area contributed by atoms with Crippen LogP contribution in [0.25, 0.3) is 0 Å². The van der Waals surface area contributed by atoms with Crippen LogP contribution in [0.2, 0.25) is 0 Å². The fourth-order valence-electron chi connectivity index (χ4n) is 2.79. The number of likely N-dealkylation sites (N-methyl/N-ethyl adjacent to an activating group) is 2. The Balaban J connectivity index is 2.52. The smallest absolute Gasteiger partial charge is 0.214 e. The molecule has 6 nitrogen and oxygen atoms in total. The Morgan fingerprint density at radius 1 is 1.46 bits per heavy atom. The number of hydrazone groups is 1. The molecular weight excluding hydrogens is 326 g/mol. The zero-order valence-corrected chi connectivity index (χ0v) is 15.6. The molecule has 24 heavy (non-hydrogen) atoms. The average Bonchev–Trinajstić information content (AvgIpc) is 2.59. The first-order chi connectivity index (χ1) is 11.4. The van der Waals surface area contributed by atoms with Gasteiger partial charge in [0.1, 0.15) is 0 Å². The molecule has 1 N–H and O–H groups in total. The molecule has 2 unspecified atom stereocenters. The average molecular weight is 351 g/mol. The first-order valence-corrected chi connectivity index (χ1v) is 8.86. The van der Waals surface area contributed by atoms with Crippen LogP contribution in [0.4, 0.5) is 0 Å². The highest BCUT2D eigenvalue weighted by Crippen LogP contribution is 2.41. The molecule has 132 valence electrons. The van der Waals surface area contributed by atoms with E-state index in [0.29, 0.717) is 12.3 Å². The molecular formula is C17H25N3O3S. The number of aromatic hydroxyl groups is 1. The van der Waals surface area contributed by atoms with Gasteiger partial charge in [-0.2, -0.15) is 5.10 Å². The van der Waals surface area contributed by atoms with E-state index in [2.05, 4.69) is 6.92 Å². The van der Waals surface area contributed by atoms with Crippen molar-refractivity contribution in [2.75, 3.05) is 27.7 Å². The molecule has 1 heterocycles. The topological polar surface area (TPSA) is 65.4 Å². The molecule has 0 saturated heterocycles. The van der Waals surface area contributed by atoms with Crippen LogP contribution in [0.15, 0.2) is 23.3 Å². The van der Waals surface area contributed by atoms with Crippen molar-refractivity contribution in [3.05, 3.63) is 23.8 Å². The van der Waals surface area contributed by atoms with Gasteiger partial charge in [-0.1, -0.05) is 18.7 Å². The number of thioether (sulfide) groups is 1. The first kappa shape index (κ1) is 18.6. The number of methoxy groups -OCH3 is 1. The van der Waals surface area contributed by atoms with Crippen molar-refractivity contribution in [1.29, 1.82) is 0 Å². The Bertz CT molecular complexity index is 636. The van der Waals surface area contributed by atoms with Crippen molar-refractivity contribution in [3.8, 4) is 11.5 Å². The normalized spacial score (nSPS) is 24.0. The van der Waals surface area contributed by atoms with Gasteiger partial charge in [-0.15, -0.1) is 0 Å². The first-order valence-electron chi connectivity index (χ1n) is 7.98. The Labute approximate surface area is 147 Å². The van der Waals surface area contributed by atoms with Crippen molar-refractivity contribution < 1.29 is 14.6 Å². The van der Waals surface area contributed by atoms with E-state index in [1.54, 1.807) is 28.9 Å². The lowest BCUT2D eigenvalue weighted by molar-refractivity contribution is -0.120. The Kier molecular flexibility index (Phi) is 5.77. The Hall–Kier alpha value is -1.73. The number of benzene rings is 1. The molecule has 1 aliphatic heterocycles. The predicted octanol–water partition coefficient (Wildman–Crippen LogP) is 2.37. The number of carbonyl (C=O) groups excluding carboxylic acids is 1. The highest BCUT2D eigenvalue weighted by molar-refractivity contribution is 8.02. The molecule has 2 atom stereocenters. The van der Waals surface area contributed by atoms with E-state index in [0.717, 1.165) is 24.0 Å². The lowest BCUT2D eigenvalue weighted by Gasteiger charge is -2.47. The summed E-state index contributed by atoms with van der Waals surface area (Å²) in [5, 5.41) is 16.7. The fourth-order valence-corrected chi connectivity index (χ4v) is 4.23. The van der Waals surface area contributed by atoms with Gasteiger partial charge in [0.15, 0.2) is 17.8 Å². The fraction of sp³-hybridized carbons (Fsp3) is 0.529.